The summed E-state index contributed by atoms with van der Waals surface area (Å²) < 4.78 is 4.87. The zero-order chi connectivity index (χ0) is 22.6. The predicted molar refractivity (Wildman–Crippen MR) is 121 cm³/mol. The maximum atomic E-state index is 14.0. The number of ether oxygens (including phenoxy) is 1. The maximum Gasteiger partial charge on any atom is 0.305 e. The number of ketones is 1. The van der Waals surface area contributed by atoms with Gasteiger partial charge in [-0.25, -0.2) is 0 Å². The normalized spacial score (nSPS) is 47.8. The molecule has 0 aromatic rings. The third kappa shape index (κ3) is 3.60. The quantitative estimate of drug-likeness (QED) is 0.590. The van der Waals surface area contributed by atoms with Crippen molar-refractivity contribution in [2.45, 2.75) is 98.0 Å². The first-order valence-corrected chi connectivity index (χ1v) is 13.0. The van der Waals surface area contributed by atoms with Gasteiger partial charge in [0.25, 0.3) is 0 Å². The molecule has 176 valence electrons. The molecule has 4 aliphatic rings. The zero-order valence-electron chi connectivity index (χ0n) is 20.4. The molecule has 4 heteroatoms. The van der Waals surface area contributed by atoms with Crippen LogP contribution in [0.3, 0.4) is 0 Å². The molecule has 0 unspecified atom stereocenters. The van der Waals surface area contributed by atoms with Crippen molar-refractivity contribution in [1.29, 1.82) is 0 Å². The number of Topliss-reactive ketones (excluding diaryl/α,β-unsaturated/α-hetero) is 1. The molecule has 10 atom stereocenters. The van der Waals surface area contributed by atoms with Crippen LogP contribution in [0.4, 0.5) is 0 Å². The molecule has 0 radical (unpaired) electrons. The Kier molecular flexibility index (Phi) is 6.35. The smallest absolute Gasteiger partial charge is 0.305 e. The van der Waals surface area contributed by atoms with E-state index in [0.717, 1.165) is 44.9 Å². The third-order valence-corrected chi connectivity index (χ3v) is 10.9. The highest BCUT2D eigenvalue weighted by Gasteiger charge is 2.65. The van der Waals surface area contributed by atoms with Crippen molar-refractivity contribution in [2.24, 2.45) is 52.3 Å². The monoisotopic (exact) mass is 432 g/mol. The maximum absolute atomic E-state index is 14.0. The van der Waals surface area contributed by atoms with Crippen molar-refractivity contribution >= 4 is 11.8 Å². The van der Waals surface area contributed by atoms with Crippen molar-refractivity contribution in [3.63, 3.8) is 0 Å². The Morgan fingerprint density at radius 2 is 1.77 bits per heavy atom. The van der Waals surface area contributed by atoms with Crippen LogP contribution in [0.25, 0.3) is 0 Å². The molecule has 0 aromatic carbocycles. The summed E-state index contributed by atoms with van der Waals surface area (Å²) in [6.45, 7) is 9.42. The number of fused-ring (bicyclic) bond motifs is 5. The minimum absolute atomic E-state index is 0.109. The molecule has 4 fully saturated rings. The second-order valence-electron chi connectivity index (χ2n) is 12.0. The molecular formula is C27H44O4. The van der Waals surface area contributed by atoms with E-state index in [0.29, 0.717) is 41.8 Å². The average Bonchev–Trinajstić information content (AvgIpc) is 3.10. The molecule has 31 heavy (non-hydrogen) atoms. The Morgan fingerprint density at radius 3 is 2.45 bits per heavy atom. The van der Waals surface area contributed by atoms with Crippen molar-refractivity contribution in [3.05, 3.63) is 0 Å². The summed E-state index contributed by atoms with van der Waals surface area (Å²) in [4.78, 5) is 25.7. The van der Waals surface area contributed by atoms with Crippen LogP contribution in [0.15, 0.2) is 0 Å². The van der Waals surface area contributed by atoms with Gasteiger partial charge in [-0.15, -0.1) is 0 Å². The molecule has 4 aliphatic carbocycles. The van der Waals surface area contributed by atoms with E-state index in [1.807, 2.05) is 0 Å². The van der Waals surface area contributed by atoms with Gasteiger partial charge in [0, 0.05) is 18.3 Å². The number of aliphatic hydroxyl groups is 1. The Hall–Kier alpha value is -0.900. The fourth-order valence-electron chi connectivity index (χ4n) is 9.26. The summed E-state index contributed by atoms with van der Waals surface area (Å²) in [5, 5.41) is 10.4. The van der Waals surface area contributed by atoms with Crippen LogP contribution in [-0.2, 0) is 14.3 Å². The number of esters is 1. The van der Waals surface area contributed by atoms with E-state index < -0.39 is 0 Å². The number of hydrogen-bond acceptors (Lipinski definition) is 4. The number of hydrogen-bond donors (Lipinski definition) is 1. The minimum Gasteiger partial charge on any atom is -0.469 e. The highest BCUT2D eigenvalue weighted by molar-refractivity contribution is 5.86. The second-order valence-corrected chi connectivity index (χ2v) is 12.0. The van der Waals surface area contributed by atoms with Gasteiger partial charge in [0.05, 0.1) is 13.2 Å². The Balaban J connectivity index is 1.59. The number of rotatable bonds is 5. The van der Waals surface area contributed by atoms with Gasteiger partial charge in [-0.1, -0.05) is 27.7 Å². The second kappa shape index (κ2) is 8.47. The van der Waals surface area contributed by atoms with Crippen molar-refractivity contribution in [1.82, 2.24) is 0 Å². The SMILES string of the molecule is CC[C@H]1C(=O)[C@@H]2[C@H](CC[C@]3(C)[C@@H]([C@H](C)CCC(=O)OC)CC[C@@H]23)[C@@]2(C)CC[C@H](O)C[C@@H]12. The number of carbonyl (C=O) groups is 2. The molecular weight excluding hydrogens is 388 g/mol. The molecule has 0 aromatic heterocycles. The topological polar surface area (TPSA) is 63.6 Å². The lowest BCUT2D eigenvalue weighted by atomic mass is 9.42. The van der Waals surface area contributed by atoms with Crippen LogP contribution in [0.1, 0.15) is 91.9 Å². The molecule has 4 rings (SSSR count). The van der Waals surface area contributed by atoms with Gasteiger partial charge in [-0.3, -0.25) is 9.59 Å². The molecule has 0 bridgehead atoms. The lowest BCUT2D eigenvalue weighted by molar-refractivity contribution is -0.173. The van der Waals surface area contributed by atoms with Crippen LogP contribution in [0.2, 0.25) is 0 Å². The van der Waals surface area contributed by atoms with Crippen LogP contribution < -0.4 is 0 Å². The molecule has 0 heterocycles. The number of carbonyl (C=O) groups excluding carboxylic acids is 2. The first-order chi connectivity index (χ1) is 14.7. The molecule has 1 N–H and O–H groups in total. The summed E-state index contributed by atoms with van der Waals surface area (Å²) in [5.41, 5.74) is 0.413. The molecule has 0 amide bonds. The van der Waals surface area contributed by atoms with E-state index >= 15 is 0 Å². The highest BCUT2D eigenvalue weighted by atomic mass is 16.5. The Morgan fingerprint density at radius 1 is 1.10 bits per heavy atom. The fraction of sp³-hybridized carbons (Fsp3) is 0.926. The van der Waals surface area contributed by atoms with Gasteiger partial charge < -0.3 is 9.84 Å². The number of aliphatic hydroxyl groups excluding tert-OH is 1. The highest BCUT2D eigenvalue weighted by Crippen LogP contribution is 2.68. The van der Waals surface area contributed by atoms with Gasteiger partial charge in [0.1, 0.15) is 5.78 Å². The molecule has 0 saturated heterocycles. The molecule has 0 aliphatic heterocycles. The van der Waals surface area contributed by atoms with Crippen LogP contribution >= 0.6 is 0 Å². The van der Waals surface area contributed by atoms with Gasteiger partial charge in [0.15, 0.2) is 0 Å². The van der Waals surface area contributed by atoms with Crippen LogP contribution in [0, 0.1) is 52.3 Å². The summed E-state index contributed by atoms with van der Waals surface area (Å²) in [6.07, 6.45) is 9.59. The average molecular weight is 433 g/mol. The Labute approximate surface area is 188 Å². The van der Waals surface area contributed by atoms with E-state index in [2.05, 4.69) is 27.7 Å². The van der Waals surface area contributed by atoms with E-state index in [1.54, 1.807) is 0 Å². The summed E-state index contributed by atoms with van der Waals surface area (Å²) in [6, 6.07) is 0. The predicted octanol–water partition coefficient (Wildman–Crippen LogP) is 5.41. The van der Waals surface area contributed by atoms with Crippen molar-refractivity contribution in [2.75, 3.05) is 7.11 Å². The van der Waals surface area contributed by atoms with Crippen molar-refractivity contribution in [3.8, 4) is 0 Å². The molecule has 4 saturated carbocycles. The molecule has 4 nitrogen and oxygen atoms in total. The molecule has 0 spiro atoms. The zero-order valence-corrected chi connectivity index (χ0v) is 20.4. The van der Waals surface area contributed by atoms with Gasteiger partial charge in [0.2, 0.25) is 0 Å². The van der Waals surface area contributed by atoms with E-state index in [1.165, 1.54) is 20.0 Å². The summed E-state index contributed by atoms with van der Waals surface area (Å²) in [5.74, 6) is 3.16. The number of methoxy groups -OCH3 is 1. The first kappa shape index (κ1) is 23.3. The van der Waals surface area contributed by atoms with Gasteiger partial charge >= 0.3 is 5.97 Å². The summed E-state index contributed by atoms with van der Waals surface area (Å²) in [7, 11) is 1.47. The third-order valence-electron chi connectivity index (χ3n) is 10.9. The lowest BCUT2D eigenvalue weighted by Crippen LogP contribution is -2.60. The minimum atomic E-state index is -0.225. The largest absolute Gasteiger partial charge is 0.469 e. The lowest BCUT2D eigenvalue weighted by Gasteiger charge is -2.62. The summed E-state index contributed by atoms with van der Waals surface area (Å²) >= 11 is 0. The van der Waals surface area contributed by atoms with Crippen molar-refractivity contribution < 1.29 is 19.4 Å². The van der Waals surface area contributed by atoms with Gasteiger partial charge in [-0.05, 0) is 98.2 Å². The van der Waals surface area contributed by atoms with Gasteiger partial charge in [-0.2, -0.15) is 0 Å². The van der Waals surface area contributed by atoms with Crippen LogP contribution in [0.5, 0.6) is 0 Å². The standard InChI is InChI=1S/C27H44O4/c1-6-18-22-15-17(28)11-13-27(22,4)21-12-14-26(3)19(16(2)7-10-23(29)31-5)8-9-20(26)24(21)25(18)30/h16-22,24,28H,6-15H2,1-5H3/t16-,17+,18-,19-,20+,21+,22+,24+,26-,27-/m1/s1. The van der Waals surface area contributed by atoms with Crippen LogP contribution in [-0.4, -0.2) is 30.1 Å². The van der Waals surface area contributed by atoms with E-state index in [-0.39, 0.29) is 34.7 Å². The van der Waals surface area contributed by atoms with E-state index in [9.17, 15) is 14.7 Å². The first-order valence-electron chi connectivity index (χ1n) is 13.0. The fourth-order valence-corrected chi connectivity index (χ4v) is 9.26. The Bertz CT molecular complexity index is 703. The van der Waals surface area contributed by atoms with E-state index in [4.69, 9.17) is 4.74 Å².